The fourth-order valence-corrected chi connectivity index (χ4v) is 5.04. The van der Waals surface area contributed by atoms with E-state index >= 15 is 0 Å². The second-order valence-electron chi connectivity index (χ2n) is 6.33. The van der Waals surface area contributed by atoms with Crippen molar-refractivity contribution in [2.24, 2.45) is 5.92 Å². The standard InChI is InChI=1S/C17H21FN2O3S/c1-12-17(13(2)23-19-12)24(21,22)20-9-7-15(8-10-20)11-14-3-5-16(18)6-4-14/h3-6,15H,7-11H2,1-2H3. The molecular weight excluding hydrogens is 331 g/mol. The molecule has 1 fully saturated rings. The number of piperidine rings is 1. The first-order valence-corrected chi connectivity index (χ1v) is 9.49. The summed E-state index contributed by atoms with van der Waals surface area (Å²) in [4.78, 5) is 0.194. The van der Waals surface area contributed by atoms with Crippen molar-refractivity contribution in [2.75, 3.05) is 13.1 Å². The third-order valence-electron chi connectivity index (χ3n) is 4.58. The van der Waals surface area contributed by atoms with E-state index in [0.29, 0.717) is 30.5 Å². The Morgan fingerprint density at radius 1 is 1.21 bits per heavy atom. The van der Waals surface area contributed by atoms with Gasteiger partial charge in [0, 0.05) is 13.1 Å². The third kappa shape index (κ3) is 3.37. The first-order valence-electron chi connectivity index (χ1n) is 8.05. The number of aryl methyl sites for hydroxylation is 2. The monoisotopic (exact) mass is 352 g/mol. The molecule has 0 bridgehead atoms. The molecule has 1 aliphatic rings. The predicted molar refractivity (Wildman–Crippen MR) is 87.6 cm³/mol. The lowest BCUT2D eigenvalue weighted by molar-refractivity contribution is 0.272. The van der Waals surface area contributed by atoms with Crippen LogP contribution in [0.5, 0.6) is 0 Å². The maximum Gasteiger partial charge on any atom is 0.248 e. The molecule has 1 aromatic carbocycles. The van der Waals surface area contributed by atoms with Gasteiger partial charge in [0.05, 0.1) is 0 Å². The Labute approximate surface area is 141 Å². The van der Waals surface area contributed by atoms with Crippen LogP contribution in [0.3, 0.4) is 0 Å². The Morgan fingerprint density at radius 3 is 2.38 bits per heavy atom. The first kappa shape index (κ1) is 17.1. The van der Waals surface area contributed by atoms with E-state index in [-0.39, 0.29) is 10.7 Å². The lowest BCUT2D eigenvalue weighted by Crippen LogP contribution is -2.39. The van der Waals surface area contributed by atoms with Crippen LogP contribution in [0.25, 0.3) is 0 Å². The SMILES string of the molecule is Cc1noc(C)c1S(=O)(=O)N1CCC(Cc2ccc(F)cc2)CC1. The fraction of sp³-hybridized carbons (Fsp3) is 0.471. The molecule has 2 aromatic rings. The second-order valence-corrected chi connectivity index (χ2v) is 8.21. The summed E-state index contributed by atoms with van der Waals surface area (Å²) in [6.07, 6.45) is 2.43. The largest absolute Gasteiger partial charge is 0.360 e. The summed E-state index contributed by atoms with van der Waals surface area (Å²) >= 11 is 0. The van der Waals surface area contributed by atoms with Crippen LogP contribution in [0.1, 0.15) is 29.9 Å². The van der Waals surface area contributed by atoms with Crippen molar-refractivity contribution >= 4 is 10.0 Å². The highest BCUT2D eigenvalue weighted by Crippen LogP contribution is 2.29. The van der Waals surface area contributed by atoms with E-state index in [0.717, 1.165) is 24.8 Å². The quantitative estimate of drug-likeness (QED) is 0.848. The predicted octanol–water partition coefficient (Wildman–Crippen LogP) is 3.07. The van der Waals surface area contributed by atoms with Gasteiger partial charge in [0.1, 0.15) is 16.4 Å². The molecule has 0 aliphatic carbocycles. The molecule has 0 spiro atoms. The number of aromatic nitrogens is 1. The number of sulfonamides is 1. The first-order chi connectivity index (χ1) is 11.4. The Balaban J connectivity index is 1.65. The molecule has 1 aromatic heterocycles. The average Bonchev–Trinajstić information content (AvgIpc) is 2.89. The summed E-state index contributed by atoms with van der Waals surface area (Å²) in [6, 6.07) is 6.52. The zero-order valence-electron chi connectivity index (χ0n) is 13.8. The lowest BCUT2D eigenvalue weighted by Gasteiger charge is -2.31. The number of hydrogen-bond acceptors (Lipinski definition) is 4. The lowest BCUT2D eigenvalue weighted by atomic mass is 9.91. The van der Waals surface area contributed by atoms with Crippen LogP contribution < -0.4 is 0 Å². The maximum absolute atomic E-state index is 13.0. The van der Waals surface area contributed by atoms with Crippen molar-refractivity contribution in [3.63, 3.8) is 0 Å². The number of halogens is 1. The van der Waals surface area contributed by atoms with Crippen LogP contribution in [0.15, 0.2) is 33.7 Å². The van der Waals surface area contributed by atoms with Crippen molar-refractivity contribution in [1.29, 1.82) is 0 Å². The molecule has 0 amide bonds. The number of nitrogens with zero attached hydrogens (tertiary/aromatic N) is 2. The van der Waals surface area contributed by atoms with E-state index in [1.807, 2.05) is 0 Å². The molecule has 130 valence electrons. The Hall–Kier alpha value is -1.73. The van der Waals surface area contributed by atoms with E-state index in [1.54, 1.807) is 26.0 Å². The Bertz CT molecular complexity index is 787. The summed E-state index contributed by atoms with van der Waals surface area (Å²) in [5.74, 6) is 0.506. The number of rotatable bonds is 4. The summed E-state index contributed by atoms with van der Waals surface area (Å²) in [6.45, 7) is 4.23. The van der Waals surface area contributed by atoms with Crippen molar-refractivity contribution < 1.29 is 17.3 Å². The normalized spacial score (nSPS) is 17.3. The van der Waals surface area contributed by atoms with Gasteiger partial charge in [-0.3, -0.25) is 0 Å². The molecule has 0 unspecified atom stereocenters. The van der Waals surface area contributed by atoms with E-state index in [2.05, 4.69) is 5.16 Å². The topological polar surface area (TPSA) is 63.4 Å². The third-order valence-corrected chi connectivity index (χ3v) is 6.72. The summed E-state index contributed by atoms with van der Waals surface area (Å²) in [7, 11) is -3.55. The van der Waals surface area contributed by atoms with Crippen LogP contribution in [0, 0.1) is 25.6 Å². The Morgan fingerprint density at radius 2 is 1.83 bits per heavy atom. The minimum atomic E-state index is -3.55. The zero-order valence-corrected chi connectivity index (χ0v) is 14.6. The van der Waals surface area contributed by atoms with E-state index in [1.165, 1.54) is 16.4 Å². The molecule has 0 N–H and O–H groups in total. The molecule has 0 atom stereocenters. The van der Waals surface area contributed by atoms with Gasteiger partial charge in [-0.05, 0) is 56.7 Å². The van der Waals surface area contributed by atoms with Gasteiger partial charge in [-0.2, -0.15) is 4.31 Å². The fourth-order valence-electron chi connectivity index (χ4n) is 3.28. The van der Waals surface area contributed by atoms with Gasteiger partial charge >= 0.3 is 0 Å². The second kappa shape index (κ2) is 6.64. The summed E-state index contributed by atoms with van der Waals surface area (Å²) < 4.78 is 45.0. The molecule has 0 saturated carbocycles. The summed E-state index contributed by atoms with van der Waals surface area (Å²) in [5.41, 5.74) is 1.49. The average molecular weight is 352 g/mol. The number of hydrogen-bond donors (Lipinski definition) is 0. The molecule has 2 heterocycles. The molecule has 5 nitrogen and oxygen atoms in total. The molecule has 7 heteroatoms. The van der Waals surface area contributed by atoms with Gasteiger partial charge in [0.2, 0.25) is 10.0 Å². The highest BCUT2D eigenvalue weighted by Gasteiger charge is 2.33. The molecule has 1 aliphatic heterocycles. The maximum atomic E-state index is 13.0. The van der Waals surface area contributed by atoms with Crippen LogP contribution in [0.2, 0.25) is 0 Å². The summed E-state index contributed by atoms with van der Waals surface area (Å²) in [5, 5.41) is 3.74. The minimum Gasteiger partial charge on any atom is -0.360 e. The number of benzene rings is 1. The molecule has 24 heavy (non-hydrogen) atoms. The molecular formula is C17H21FN2O3S. The van der Waals surface area contributed by atoms with Crippen LogP contribution >= 0.6 is 0 Å². The van der Waals surface area contributed by atoms with E-state index < -0.39 is 10.0 Å². The van der Waals surface area contributed by atoms with Crippen LogP contribution in [-0.4, -0.2) is 31.0 Å². The van der Waals surface area contributed by atoms with Crippen molar-refractivity contribution in [3.05, 3.63) is 47.1 Å². The van der Waals surface area contributed by atoms with Crippen molar-refractivity contribution in [2.45, 2.75) is 38.0 Å². The van der Waals surface area contributed by atoms with Gasteiger partial charge in [-0.25, -0.2) is 12.8 Å². The van der Waals surface area contributed by atoms with Gasteiger partial charge in [-0.1, -0.05) is 17.3 Å². The van der Waals surface area contributed by atoms with Crippen LogP contribution in [0.4, 0.5) is 4.39 Å². The van der Waals surface area contributed by atoms with E-state index in [4.69, 9.17) is 4.52 Å². The van der Waals surface area contributed by atoms with E-state index in [9.17, 15) is 12.8 Å². The molecule has 3 rings (SSSR count). The molecule has 1 saturated heterocycles. The van der Waals surface area contributed by atoms with Crippen LogP contribution in [-0.2, 0) is 16.4 Å². The highest BCUT2D eigenvalue weighted by molar-refractivity contribution is 7.89. The Kier molecular flexibility index (Phi) is 4.73. The smallest absolute Gasteiger partial charge is 0.248 e. The van der Waals surface area contributed by atoms with Gasteiger partial charge in [0.15, 0.2) is 5.76 Å². The van der Waals surface area contributed by atoms with Gasteiger partial charge < -0.3 is 4.52 Å². The van der Waals surface area contributed by atoms with Crippen molar-refractivity contribution in [3.8, 4) is 0 Å². The highest BCUT2D eigenvalue weighted by atomic mass is 32.2. The van der Waals surface area contributed by atoms with Gasteiger partial charge in [-0.15, -0.1) is 0 Å². The zero-order chi connectivity index (χ0) is 17.3. The minimum absolute atomic E-state index is 0.194. The molecule has 0 radical (unpaired) electrons. The van der Waals surface area contributed by atoms with Crippen molar-refractivity contribution in [1.82, 2.24) is 9.46 Å². The van der Waals surface area contributed by atoms with Gasteiger partial charge in [0.25, 0.3) is 0 Å².